The molecule has 0 aliphatic heterocycles. The Morgan fingerprint density at radius 2 is 2.12 bits per heavy atom. The van der Waals surface area contributed by atoms with E-state index in [1.54, 1.807) is 0 Å². The predicted molar refractivity (Wildman–Crippen MR) is 60.9 cm³/mol. The van der Waals surface area contributed by atoms with Crippen molar-refractivity contribution >= 4 is 18.1 Å². The minimum absolute atomic E-state index is 0. The summed E-state index contributed by atoms with van der Waals surface area (Å²) in [5, 5.41) is 10.6. The summed E-state index contributed by atoms with van der Waals surface area (Å²) in [5.74, 6) is -0.648. The smallest absolute Gasteiger partial charge is 0.277 e. The quantitative estimate of drug-likeness (QED) is 0.624. The molecule has 1 atom stereocenters. The minimum atomic E-state index is -0.648. The Labute approximate surface area is 98.2 Å². The Morgan fingerprint density at radius 3 is 2.62 bits per heavy atom. The first-order valence-corrected chi connectivity index (χ1v) is 4.45. The van der Waals surface area contributed by atoms with Crippen molar-refractivity contribution in [2.45, 2.75) is 12.5 Å². The topological polar surface area (TPSA) is 95.2 Å². The molecule has 0 amide bonds. The highest BCUT2D eigenvalue weighted by Crippen LogP contribution is 2.25. The Kier molecular flexibility index (Phi) is 5.87. The summed E-state index contributed by atoms with van der Waals surface area (Å²) in [7, 11) is 0. The maximum atomic E-state index is 12.8. The van der Waals surface area contributed by atoms with Gasteiger partial charge in [-0.15, -0.1) is 12.4 Å². The molecule has 5 nitrogen and oxygen atoms in total. The van der Waals surface area contributed by atoms with Crippen molar-refractivity contribution in [3.8, 4) is 0 Å². The molecule has 0 bridgehead atoms. The molecule has 0 unspecified atom stereocenters. The SMILES string of the molecule is Cl.NCC[C@H](N)c1ccc(F)cc1[N+](=O)[O-]. The Bertz CT molecular complexity index is 376. The fraction of sp³-hybridized carbons (Fsp3) is 0.333. The lowest BCUT2D eigenvalue weighted by atomic mass is 10.0. The fourth-order valence-electron chi connectivity index (χ4n) is 1.32. The first kappa shape index (κ1) is 14.8. The van der Waals surface area contributed by atoms with E-state index in [1.807, 2.05) is 0 Å². The van der Waals surface area contributed by atoms with E-state index in [-0.39, 0.29) is 18.1 Å². The van der Waals surface area contributed by atoms with Crippen LogP contribution in [0.2, 0.25) is 0 Å². The average Bonchev–Trinajstić information content (AvgIpc) is 2.17. The molecule has 0 saturated carbocycles. The highest BCUT2D eigenvalue weighted by atomic mass is 35.5. The number of nitro benzene ring substituents is 1. The number of hydrogen-bond donors (Lipinski definition) is 2. The predicted octanol–water partition coefficient (Wildman–Crippen LogP) is 1.50. The van der Waals surface area contributed by atoms with Crippen LogP contribution in [0.15, 0.2) is 18.2 Å². The number of hydrogen-bond acceptors (Lipinski definition) is 4. The van der Waals surface area contributed by atoms with Gasteiger partial charge in [-0.25, -0.2) is 4.39 Å². The third kappa shape index (κ3) is 3.41. The van der Waals surface area contributed by atoms with Gasteiger partial charge in [-0.05, 0) is 25.1 Å². The summed E-state index contributed by atoms with van der Waals surface area (Å²) in [6.45, 7) is 0.329. The molecule has 4 N–H and O–H groups in total. The number of nitro groups is 1. The van der Waals surface area contributed by atoms with Crippen molar-refractivity contribution in [1.82, 2.24) is 0 Å². The van der Waals surface area contributed by atoms with E-state index in [4.69, 9.17) is 11.5 Å². The van der Waals surface area contributed by atoms with Crippen LogP contribution in [-0.4, -0.2) is 11.5 Å². The van der Waals surface area contributed by atoms with Crippen LogP contribution < -0.4 is 11.5 Å². The molecule has 0 spiro atoms. The van der Waals surface area contributed by atoms with Gasteiger partial charge < -0.3 is 11.5 Å². The molecule has 0 aliphatic carbocycles. The first-order chi connectivity index (χ1) is 7.06. The Balaban J connectivity index is 0.00000225. The van der Waals surface area contributed by atoms with Gasteiger partial charge in [-0.3, -0.25) is 10.1 Å². The largest absolute Gasteiger partial charge is 0.330 e. The third-order valence-electron chi connectivity index (χ3n) is 2.07. The summed E-state index contributed by atoms with van der Waals surface area (Å²) in [4.78, 5) is 9.99. The summed E-state index contributed by atoms with van der Waals surface area (Å²) in [5.41, 5.74) is 11.0. The normalized spacial score (nSPS) is 11.7. The standard InChI is InChI=1S/C9H12FN3O2.ClH/c10-6-1-2-7(8(12)3-4-11)9(5-6)13(14)15;/h1-2,5,8H,3-4,11-12H2;1H/t8-;/m0./s1. The van der Waals surface area contributed by atoms with Crippen molar-refractivity contribution in [2.75, 3.05) is 6.54 Å². The van der Waals surface area contributed by atoms with Crippen molar-refractivity contribution < 1.29 is 9.31 Å². The van der Waals surface area contributed by atoms with Crippen LogP contribution >= 0.6 is 12.4 Å². The van der Waals surface area contributed by atoms with Crippen LogP contribution in [-0.2, 0) is 0 Å². The zero-order chi connectivity index (χ0) is 11.4. The van der Waals surface area contributed by atoms with E-state index in [2.05, 4.69) is 0 Å². The molecular formula is C9H13ClFN3O2. The van der Waals surface area contributed by atoms with Crippen molar-refractivity contribution in [1.29, 1.82) is 0 Å². The van der Waals surface area contributed by atoms with E-state index < -0.39 is 16.8 Å². The van der Waals surface area contributed by atoms with Crippen LogP contribution in [0.25, 0.3) is 0 Å². The van der Waals surface area contributed by atoms with Crippen LogP contribution in [0.4, 0.5) is 10.1 Å². The molecule has 0 radical (unpaired) electrons. The highest BCUT2D eigenvalue weighted by molar-refractivity contribution is 5.85. The zero-order valence-electron chi connectivity index (χ0n) is 8.43. The number of nitrogens with two attached hydrogens (primary N) is 2. The number of nitrogens with zero attached hydrogens (tertiary/aromatic N) is 1. The molecule has 1 rings (SSSR count). The number of halogens is 2. The third-order valence-corrected chi connectivity index (χ3v) is 2.07. The zero-order valence-corrected chi connectivity index (χ0v) is 9.24. The Hall–Kier alpha value is -1.24. The van der Waals surface area contributed by atoms with Crippen molar-refractivity contribution in [3.63, 3.8) is 0 Å². The number of rotatable bonds is 4. The molecule has 0 aromatic heterocycles. The Morgan fingerprint density at radius 1 is 1.50 bits per heavy atom. The van der Waals surface area contributed by atoms with Crippen LogP contribution in [0.5, 0.6) is 0 Å². The van der Waals surface area contributed by atoms with Crippen LogP contribution in [0.3, 0.4) is 0 Å². The van der Waals surface area contributed by atoms with Crippen LogP contribution in [0, 0.1) is 15.9 Å². The summed E-state index contributed by atoms with van der Waals surface area (Å²) in [6, 6.07) is 2.81. The molecule has 90 valence electrons. The molecule has 0 heterocycles. The van der Waals surface area contributed by atoms with Gasteiger partial charge in [0.15, 0.2) is 0 Å². The molecule has 0 saturated heterocycles. The lowest BCUT2D eigenvalue weighted by Gasteiger charge is -2.10. The maximum Gasteiger partial charge on any atom is 0.277 e. The maximum absolute atomic E-state index is 12.8. The van der Waals surface area contributed by atoms with Gasteiger partial charge in [0, 0.05) is 11.6 Å². The molecule has 1 aromatic rings. The molecule has 16 heavy (non-hydrogen) atoms. The van der Waals surface area contributed by atoms with Gasteiger partial charge in [0.25, 0.3) is 5.69 Å². The molecule has 1 aromatic carbocycles. The fourth-order valence-corrected chi connectivity index (χ4v) is 1.32. The average molecular weight is 250 g/mol. The first-order valence-electron chi connectivity index (χ1n) is 4.45. The molecule has 0 aliphatic rings. The second-order valence-electron chi connectivity index (χ2n) is 3.14. The van der Waals surface area contributed by atoms with E-state index in [1.165, 1.54) is 6.07 Å². The van der Waals surface area contributed by atoms with Gasteiger partial charge >= 0.3 is 0 Å². The number of benzene rings is 1. The van der Waals surface area contributed by atoms with E-state index in [0.29, 0.717) is 18.5 Å². The van der Waals surface area contributed by atoms with Gasteiger partial charge in [0.05, 0.1) is 11.0 Å². The van der Waals surface area contributed by atoms with Gasteiger partial charge in [-0.2, -0.15) is 0 Å². The van der Waals surface area contributed by atoms with Crippen molar-refractivity contribution in [2.24, 2.45) is 11.5 Å². The minimum Gasteiger partial charge on any atom is -0.330 e. The molecule has 0 fully saturated rings. The van der Waals surface area contributed by atoms with Gasteiger partial charge in [-0.1, -0.05) is 0 Å². The highest BCUT2D eigenvalue weighted by Gasteiger charge is 2.19. The second kappa shape index (κ2) is 6.37. The van der Waals surface area contributed by atoms with E-state index >= 15 is 0 Å². The summed E-state index contributed by atoms with van der Waals surface area (Å²) in [6.07, 6.45) is 0.423. The van der Waals surface area contributed by atoms with E-state index in [9.17, 15) is 14.5 Å². The second-order valence-corrected chi connectivity index (χ2v) is 3.14. The van der Waals surface area contributed by atoms with Crippen LogP contribution in [0.1, 0.15) is 18.0 Å². The van der Waals surface area contributed by atoms with Gasteiger partial charge in [0.2, 0.25) is 0 Å². The summed E-state index contributed by atoms with van der Waals surface area (Å²) >= 11 is 0. The van der Waals surface area contributed by atoms with Crippen molar-refractivity contribution in [3.05, 3.63) is 39.7 Å². The lowest BCUT2D eigenvalue weighted by molar-refractivity contribution is -0.385. The monoisotopic (exact) mass is 249 g/mol. The van der Waals surface area contributed by atoms with E-state index in [0.717, 1.165) is 12.1 Å². The molecule has 7 heteroatoms. The lowest BCUT2D eigenvalue weighted by Crippen LogP contribution is -2.16. The van der Waals surface area contributed by atoms with Gasteiger partial charge in [0.1, 0.15) is 5.82 Å². The molecular weight excluding hydrogens is 237 g/mol. The summed E-state index contributed by atoms with van der Waals surface area (Å²) < 4.78 is 12.8.